The molecule has 1 atom stereocenters. The molecule has 0 saturated heterocycles. The third kappa shape index (κ3) is 8.81. The first-order valence-electron chi connectivity index (χ1n) is 5.97. The van der Waals surface area contributed by atoms with Crippen molar-refractivity contribution in [1.82, 2.24) is 15.4 Å². The Kier molecular flexibility index (Phi) is 8.31. The van der Waals surface area contributed by atoms with Gasteiger partial charge >= 0.3 is 18.0 Å². The van der Waals surface area contributed by atoms with Gasteiger partial charge in [0.15, 0.2) is 0 Å². The fourth-order valence-corrected chi connectivity index (χ4v) is 1.81. The Morgan fingerprint density at radius 3 is 2.38 bits per heavy atom. The molecule has 0 aromatic heterocycles. The summed E-state index contributed by atoms with van der Waals surface area (Å²) in [4.78, 5) is 33.3. The Balaban J connectivity index is 4.24. The summed E-state index contributed by atoms with van der Waals surface area (Å²) in [6.45, 7) is -0.182. The largest absolute Gasteiger partial charge is 0.480 e. The van der Waals surface area contributed by atoms with E-state index < -0.39 is 34.0 Å². The average molecular weight is 325 g/mol. The van der Waals surface area contributed by atoms with E-state index >= 15 is 0 Å². The van der Waals surface area contributed by atoms with Gasteiger partial charge in [-0.05, 0) is 13.5 Å². The maximum absolute atomic E-state index is 11.4. The van der Waals surface area contributed by atoms with E-state index in [-0.39, 0.29) is 25.1 Å². The highest BCUT2D eigenvalue weighted by molar-refractivity contribution is 7.89. The molecule has 2 amide bonds. The monoisotopic (exact) mass is 325 g/mol. The normalized spacial score (nSPS) is 12.3. The summed E-state index contributed by atoms with van der Waals surface area (Å²) in [7, 11) is -1.05. The van der Waals surface area contributed by atoms with Crippen LogP contribution in [0.4, 0.5) is 4.79 Å². The van der Waals surface area contributed by atoms with E-state index in [1.807, 2.05) is 0 Å². The lowest BCUT2D eigenvalue weighted by Gasteiger charge is -2.14. The molecule has 122 valence electrons. The predicted molar refractivity (Wildman–Crippen MR) is 72.1 cm³/mol. The van der Waals surface area contributed by atoms with Crippen LogP contribution < -0.4 is 15.4 Å². The van der Waals surface area contributed by atoms with Crippen molar-refractivity contribution in [3.8, 4) is 0 Å². The van der Waals surface area contributed by atoms with Gasteiger partial charge in [-0.25, -0.2) is 22.7 Å². The fraction of sp³-hybridized carbons (Fsp3) is 0.700. The second-order valence-electron chi connectivity index (χ2n) is 3.93. The van der Waals surface area contributed by atoms with E-state index in [2.05, 4.69) is 20.1 Å². The van der Waals surface area contributed by atoms with Crippen molar-refractivity contribution in [2.75, 3.05) is 26.5 Å². The summed E-state index contributed by atoms with van der Waals surface area (Å²) in [5.74, 6) is -2.24. The van der Waals surface area contributed by atoms with Crippen LogP contribution in [0.2, 0.25) is 0 Å². The standard InChI is InChI=1S/C10H19N3O7S/c1-11-21(18,19)6-5-12-10(17)13-7(9(15)16)3-4-8(14)20-2/h7,11H,3-6H2,1-2H3,(H,15,16)(H2,12,13,17)/t7-/m1/s1. The van der Waals surface area contributed by atoms with Gasteiger partial charge in [-0.15, -0.1) is 0 Å². The number of sulfonamides is 1. The van der Waals surface area contributed by atoms with Gasteiger partial charge in [0.2, 0.25) is 10.0 Å². The Morgan fingerprint density at radius 1 is 1.29 bits per heavy atom. The molecule has 0 aromatic carbocycles. The molecule has 0 aliphatic heterocycles. The second kappa shape index (κ2) is 9.13. The number of urea groups is 1. The molecule has 10 nitrogen and oxygen atoms in total. The Bertz CT molecular complexity index is 477. The summed E-state index contributed by atoms with van der Waals surface area (Å²) in [6, 6.07) is -2.11. The van der Waals surface area contributed by atoms with E-state index in [0.717, 1.165) is 0 Å². The molecule has 0 aliphatic carbocycles. The quantitative estimate of drug-likeness (QED) is 0.367. The van der Waals surface area contributed by atoms with E-state index in [1.165, 1.54) is 14.2 Å². The van der Waals surface area contributed by atoms with Crippen molar-refractivity contribution in [2.24, 2.45) is 0 Å². The first kappa shape index (κ1) is 19.1. The first-order valence-corrected chi connectivity index (χ1v) is 7.62. The van der Waals surface area contributed by atoms with Crippen LogP contribution in [-0.4, -0.2) is 64.0 Å². The second-order valence-corrected chi connectivity index (χ2v) is 5.97. The molecule has 0 aromatic rings. The maximum Gasteiger partial charge on any atom is 0.326 e. The van der Waals surface area contributed by atoms with Crippen LogP contribution in [0, 0.1) is 0 Å². The van der Waals surface area contributed by atoms with Gasteiger partial charge in [-0.2, -0.15) is 0 Å². The van der Waals surface area contributed by atoms with Crippen LogP contribution in [0.5, 0.6) is 0 Å². The molecule has 0 rings (SSSR count). The predicted octanol–water partition coefficient (Wildman–Crippen LogP) is -1.76. The number of carbonyl (C=O) groups is 3. The summed E-state index contributed by atoms with van der Waals surface area (Å²) < 4.78 is 28.6. The van der Waals surface area contributed by atoms with Crippen LogP contribution in [0.3, 0.4) is 0 Å². The minimum absolute atomic E-state index is 0.135. The van der Waals surface area contributed by atoms with E-state index in [0.29, 0.717) is 0 Å². The number of carbonyl (C=O) groups excluding carboxylic acids is 2. The summed E-state index contributed by atoms with van der Waals surface area (Å²) in [6.07, 6.45) is -0.299. The van der Waals surface area contributed by atoms with Crippen LogP contribution >= 0.6 is 0 Å². The molecule has 0 bridgehead atoms. The highest BCUT2D eigenvalue weighted by atomic mass is 32.2. The third-order valence-corrected chi connectivity index (χ3v) is 3.80. The number of rotatable bonds is 9. The fourth-order valence-electron chi connectivity index (χ4n) is 1.23. The Hall–Kier alpha value is -1.88. The molecule has 11 heteroatoms. The third-order valence-electron chi connectivity index (χ3n) is 2.44. The summed E-state index contributed by atoms with van der Waals surface area (Å²) in [5, 5.41) is 13.2. The zero-order valence-electron chi connectivity index (χ0n) is 11.7. The topological polar surface area (TPSA) is 151 Å². The van der Waals surface area contributed by atoms with Gasteiger partial charge < -0.3 is 20.5 Å². The Labute approximate surface area is 122 Å². The lowest BCUT2D eigenvalue weighted by Crippen LogP contribution is -2.47. The minimum Gasteiger partial charge on any atom is -0.480 e. The van der Waals surface area contributed by atoms with Crippen molar-refractivity contribution < 1.29 is 32.6 Å². The van der Waals surface area contributed by atoms with E-state index in [9.17, 15) is 22.8 Å². The van der Waals surface area contributed by atoms with Crippen molar-refractivity contribution >= 4 is 28.0 Å². The number of hydrogen-bond acceptors (Lipinski definition) is 6. The van der Waals surface area contributed by atoms with E-state index in [4.69, 9.17) is 5.11 Å². The average Bonchev–Trinajstić information content (AvgIpc) is 2.42. The number of aliphatic carboxylic acids is 1. The minimum atomic E-state index is -3.45. The van der Waals surface area contributed by atoms with Crippen LogP contribution in [0.25, 0.3) is 0 Å². The van der Waals surface area contributed by atoms with Crippen LogP contribution in [0.1, 0.15) is 12.8 Å². The molecule has 0 heterocycles. The number of methoxy groups -OCH3 is 1. The molecule has 0 unspecified atom stereocenters. The smallest absolute Gasteiger partial charge is 0.326 e. The van der Waals surface area contributed by atoms with Gasteiger partial charge in [0.1, 0.15) is 6.04 Å². The SMILES string of the molecule is CNS(=O)(=O)CCNC(=O)N[C@H](CCC(=O)OC)C(=O)O. The molecular formula is C10H19N3O7S. The lowest BCUT2D eigenvalue weighted by atomic mass is 10.1. The maximum atomic E-state index is 11.4. The van der Waals surface area contributed by atoms with Crippen molar-refractivity contribution in [2.45, 2.75) is 18.9 Å². The molecule has 0 saturated carbocycles. The molecule has 0 aliphatic rings. The molecule has 0 fully saturated rings. The van der Waals surface area contributed by atoms with Crippen LogP contribution in [0.15, 0.2) is 0 Å². The number of esters is 1. The van der Waals surface area contributed by atoms with Gasteiger partial charge in [0.05, 0.1) is 12.9 Å². The zero-order valence-corrected chi connectivity index (χ0v) is 12.5. The highest BCUT2D eigenvalue weighted by Gasteiger charge is 2.21. The molecule has 0 radical (unpaired) electrons. The molecule has 4 N–H and O–H groups in total. The summed E-state index contributed by atoms with van der Waals surface area (Å²) >= 11 is 0. The number of carboxylic acid groups (broad SMARTS) is 1. The molecule has 21 heavy (non-hydrogen) atoms. The number of ether oxygens (including phenoxy) is 1. The molecular weight excluding hydrogens is 306 g/mol. The zero-order chi connectivity index (χ0) is 16.5. The Morgan fingerprint density at radius 2 is 1.90 bits per heavy atom. The van der Waals surface area contributed by atoms with E-state index in [1.54, 1.807) is 0 Å². The van der Waals surface area contributed by atoms with Gasteiger partial charge in [0.25, 0.3) is 0 Å². The number of hydrogen-bond donors (Lipinski definition) is 4. The molecule has 0 spiro atoms. The summed E-state index contributed by atoms with van der Waals surface area (Å²) in [5.41, 5.74) is 0. The number of amides is 2. The van der Waals surface area contributed by atoms with Gasteiger partial charge in [-0.3, -0.25) is 4.79 Å². The van der Waals surface area contributed by atoms with Crippen molar-refractivity contribution in [1.29, 1.82) is 0 Å². The first-order chi connectivity index (χ1) is 9.71. The number of nitrogens with one attached hydrogen (secondary N) is 3. The van der Waals surface area contributed by atoms with Crippen molar-refractivity contribution in [3.63, 3.8) is 0 Å². The van der Waals surface area contributed by atoms with Gasteiger partial charge in [-0.1, -0.05) is 0 Å². The highest BCUT2D eigenvalue weighted by Crippen LogP contribution is 1.99. The lowest BCUT2D eigenvalue weighted by molar-refractivity contribution is -0.142. The number of carboxylic acids is 1. The van der Waals surface area contributed by atoms with Crippen LogP contribution in [-0.2, 0) is 24.3 Å². The van der Waals surface area contributed by atoms with Crippen molar-refractivity contribution in [3.05, 3.63) is 0 Å². The van der Waals surface area contributed by atoms with Gasteiger partial charge in [0, 0.05) is 13.0 Å².